The number of fused-ring (bicyclic) bond motifs is 1. The summed E-state index contributed by atoms with van der Waals surface area (Å²) in [5, 5.41) is 3.47. The standard InChI is InChI=1S/C22H26N2O4.ClH/c1-26-17-8-6-15(7-9-17)22-20-12-23-11-16(20)13-24(22)21(25)14-28-19-5-3-4-18(10-19)27-2;/h3-10,16,20,22-23H,11-14H2,1-2H3;1H/t16-,20-,22+;/m0./s1. The average Bonchev–Trinajstić information content (AvgIpc) is 3.33. The summed E-state index contributed by atoms with van der Waals surface area (Å²) in [6.45, 7) is 2.67. The lowest BCUT2D eigenvalue weighted by Gasteiger charge is -2.28. The van der Waals surface area contributed by atoms with Gasteiger partial charge >= 0.3 is 0 Å². The second kappa shape index (κ2) is 9.37. The highest BCUT2D eigenvalue weighted by Crippen LogP contribution is 2.43. The molecular formula is C22H27ClN2O4. The monoisotopic (exact) mass is 418 g/mol. The van der Waals surface area contributed by atoms with Crippen molar-refractivity contribution < 1.29 is 19.0 Å². The molecule has 7 heteroatoms. The maximum Gasteiger partial charge on any atom is 0.261 e. The van der Waals surface area contributed by atoms with Gasteiger partial charge in [-0.3, -0.25) is 4.79 Å². The Bertz CT molecular complexity index is 830. The van der Waals surface area contributed by atoms with Crippen molar-refractivity contribution in [1.82, 2.24) is 10.2 Å². The molecule has 3 atom stereocenters. The highest BCUT2D eigenvalue weighted by Gasteiger charge is 2.46. The predicted molar refractivity (Wildman–Crippen MR) is 113 cm³/mol. The van der Waals surface area contributed by atoms with E-state index in [9.17, 15) is 4.79 Å². The first kappa shape index (κ1) is 21.3. The van der Waals surface area contributed by atoms with Crippen LogP contribution in [0.15, 0.2) is 48.5 Å². The minimum atomic E-state index is 0. The number of nitrogens with zero attached hydrogens (tertiary/aromatic N) is 1. The number of halogens is 1. The minimum absolute atomic E-state index is 0. The molecule has 29 heavy (non-hydrogen) atoms. The van der Waals surface area contributed by atoms with Crippen LogP contribution in [0, 0.1) is 11.8 Å². The summed E-state index contributed by atoms with van der Waals surface area (Å²) >= 11 is 0. The number of amides is 1. The van der Waals surface area contributed by atoms with Gasteiger partial charge in [0.25, 0.3) is 5.91 Å². The molecule has 0 spiro atoms. The van der Waals surface area contributed by atoms with E-state index < -0.39 is 0 Å². The predicted octanol–water partition coefficient (Wildman–Crippen LogP) is 2.92. The Morgan fingerprint density at radius 3 is 2.48 bits per heavy atom. The smallest absolute Gasteiger partial charge is 0.261 e. The molecule has 1 amide bonds. The summed E-state index contributed by atoms with van der Waals surface area (Å²) in [5.74, 6) is 3.08. The molecular weight excluding hydrogens is 392 g/mol. The highest BCUT2D eigenvalue weighted by molar-refractivity contribution is 5.85. The van der Waals surface area contributed by atoms with Crippen LogP contribution in [0.1, 0.15) is 11.6 Å². The van der Waals surface area contributed by atoms with Gasteiger partial charge in [-0.15, -0.1) is 12.4 Å². The minimum Gasteiger partial charge on any atom is -0.497 e. The number of carbonyl (C=O) groups is 1. The lowest BCUT2D eigenvalue weighted by atomic mass is 9.89. The fourth-order valence-electron chi connectivity index (χ4n) is 4.32. The molecule has 1 N–H and O–H groups in total. The van der Waals surface area contributed by atoms with Gasteiger partial charge in [-0.2, -0.15) is 0 Å². The fourth-order valence-corrected chi connectivity index (χ4v) is 4.32. The van der Waals surface area contributed by atoms with Crippen LogP contribution in [0.25, 0.3) is 0 Å². The average molecular weight is 419 g/mol. The molecule has 0 saturated carbocycles. The Balaban J connectivity index is 0.00000240. The van der Waals surface area contributed by atoms with Crippen molar-refractivity contribution in [2.75, 3.05) is 40.5 Å². The van der Waals surface area contributed by atoms with Crippen LogP contribution in [-0.2, 0) is 4.79 Å². The van der Waals surface area contributed by atoms with Crippen LogP contribution in [0.4, 0.5) is 0 Å². The number of carbonyl (C=O) groups excluding carboxylic acids is 1. The normalized spacial score (nSPS) is 22.6. The molecule has 2 heterocycles. The van der Waals surface area contributed by atoms with Gasteiger partial charge in [0.2, 0.25) is 0 Å². The summed E-state index contributed by atoms with van der Waals surface area (Å²) < 4.78 is 16.2. The first-order valence-electron chi connectivity index (χ1n) is 9.60. The van der Waals surface area contributed by atoms with Gasteiger partial charge in [-0.1, -0.05) is 18.2 Å². The maximum absolute atomic E-state index is 13.0. The quantitative estimate of drug-likeness (QED) is 0.781. The molecule has 2 fully saturated rings. The highest BCUT2D eigenvalue weighted by atomic mass is 35.5. The third-order valence-electron chi connectivity index (χ3n) is 5.75. The number of benzene rings is 2. The van der Waals surface area contributed by atoms with Crippen molar-refractivity contribution >= 4 is 18.3 Å². The molecule has 4 rings (SSSR count). The molecule has 2 aliphatic heterocycles. The second-order valence-electron chi connectivity index (χ2n) is 7.31. The van der Waals surface area contributed by atoms with Gasteiger partial charge in [0.05, 0.1) is 20.3 Å². The van der Waals surface area contributed by atoms with Crippen LogP contribution in [0.5, 0.6) is 17.2 Å². The number of hydrogen-bond acceptors (Lipinski definition) is 5. The van der Waals surface area contributed by atoms with Crippen molar-refractivity contribution in [2.45, 2.75) is 6.04 Å². The van der Waals surface area contributed by atoms with Crippen molar-refractivity contribution in [3.05, 3.63) is 54.1 Å². The van der Waals surface area contributed by atoms with E-state index in [0.717, 1.165) is 30.9 Å². The zero-order chi connectivity index (χ0) is 19.5. The van der Waals surface area contributed by atoms with Gasteiger partial charge in [-0.05, 0) is 35.7 Å². The summed E-state index contributed by atoms with van der Waals surface area (Å²) in [7, 11) is 3.27. The Kier molecular flexibility index (Phi) is 6.87. The third kappa shape index (κ3) is 4.43. The molecule has 2 aliphatic rings. The Labute approximate surface area is 177 Å². The van der Waals surface area contributed by atoms with E-state index in [-0.39, 0.29) is 31.0 Å². The molecule has 2 aromatic carbocycles. The zero-order valence-electron chi connectivity index (χ0n) is 16.7. The third-order valence-corrected chi connectivity index (χ3v) is 5.75. The topological polar surface area (TPSA) is 60.0 Å². The van der Waals surface area contributed by atoms with Crippen LogP contribution in [0.3, 0.4) is 0 Å². The van der Waals surface area contributed by atoms with E-state index >= 15 is 0 Å². The lowest BCUT2D eigenvalue weighted by molar-refractivity contribution is -0.134. The molecule has 0 aliphatic carbocycles. The van der Waals surface area contributed by atoms with E-state index in [1.807, 2.05) is 35.2 Å². The van der Waals surface area contributed by atoms with Crippen molar-refractivity contribution in [2.24, 2.45) is 11.8 Å². The van der Waals surface area contributed by atoms with Crippen molar-refractivity contribution in [3.8, 4) is 17.2 Å². The van der Waals surface area contributed by atoms with E-state index in [1.165, 1.54) is 0 Å². The van der Waals surface area contributed by atoms with Crippen LogP contribution >= 0.6 is 12.4 Å². The summed E-state index contributed by atoms with van der Waals surface area (Å²) in [5.41, 5.74) is 1.15. The molecule has 0 radical (unpaired) electrons. The van der Waals surface area contributed by atoms with Crippen molar-refractivity contribution in [1.29, 1.82) is 0 Å². The molecule has 6 nitrogen and oxygen atoms in total. The number of ether oxygens (including phenoxy) is 3. The first-order valence-corrected chi connectivity index (χ1v) is 9.60. The molecule has 0 unspecified atom stereocenters. The molecule has 156 valence electrons. The number of rotatable bonds is 6. The van der Waals surface area contributed by atoms with E-state index in [2.05, 4.69) is 17.4 Å². The first-order chi connectivity index (χ1) is 13.7. The maximum atomic E-state index is 13.0. The summed E-state index contributed by atoms with van der Waals surface area (Å²) in [4.78, 5) is 15.0. The van der Waals surface area contributed by atoms with E-state index in [1.54, 1.807) is 20.3 Å². The van der Waals surface area contributed by atoms with Gasteiger partial charge in [-0.25, -0.2) is 0 Å². The summed E-state index contributed by atoms with van der Waals surface area (Å²) in [6.07, 6.45) is 0. The molecule has 2 aromatic rings. The van der Waals surface area contributed by atoms with Crippen LogP contribution < -0.4 is 19.5 Å². The second-order valence-corrected chi connectivity index (χ2v) is 7.31. The van der Waals surface area contributed by atoms with Gasteiger partial charge in [0, 0.05) is 31.6 Å². The van der Waals surface area contributed by atoms with Gasteiger partial charge < -0.3 is 24.4 Å². The molecule has 0 aromatic heterocycles. The van der Waals surface area contributed by atoms with E-state index in [0.29, 0.717) is 23.3 Å². The molecule has 2 saturated heterocycles. The number of hydrogen-bond donors (Lipinski definition) is 1. The Morgan fingerprint density at radius 1 is 1.03 bits per heavy atom. The van der Waals surface area contributed by atoms with E-state index in [4.69, 9.17) is 14.2 Å². The number of likely N-dealkylation sites (tertiary alicyclic amines) is 1. The molecule has 0 bridgehead atoms. The number of methoxy groups -OCH3 is 2. The van der Waals surface area contributed by atoms with Gasteiger partial charge in [0.15, 0.2) is 6.61 Å². The number of nitrogens with one attached hydrogen (secondary N) is 1. The van der Waals surface area contributed by atoms with Crippen molar-refractivity contribution in [3.63, 3.8) is 0 Å². The largest absolute Gasteiger partial charge is 0.497 e. The summed E-state index contributed by atoms with van der Waals surface area (Å²) in [6, 6.07) is 15.4. The Hall–Kier alpha value is -2.44. The lowest BCUT2D eigenvalue weighted by Crippen LogP contribution is -2.37. The van der Waals surface area contributed by atoms with Gasteiger partial charge in [0.1, 0.15) is 17.2 Å². The zero-order valence-corrected chi connectivity index (χ0v) is 17.5. The van der Waals surface area contributed by atoms with Crippen LogP contribution in [-0.4, -0.2) is 51.3 Å². The Morgan fingerprint density at radius 2 is 1.76 bits per heavy atom. The SMILES string of the molecule is COc1ccc([C@@H]2[C@H]3CNC[C@H]3CN2C(=O)COc2cccc(OC)c2)cc1.Cl. The fraction of sp³-hybridized carbons (Fsp3) is 0.409. The van der Waals surface area contributed by atoms with Crippen LogP contribution in [0.2, 0.25) is 0 Å².